The summed E-state index contributed by atoms with van der Waals surface area (Å²) in [5.41, 5.74) is 1.93. The molecule has 1 atom stereocenters. The SMILES string of the molecule is CC(C)C1CN(C(=NCCS(N)(=O)=O)NSc2ccc(Cl)cc2)N=C1c1ccc(Cl)cc1. The summed E-state index contributed by atoms with van der Waals surface area (Å²) in [4.78, 5) is 5.38. The number of hydrogen-bond donors (Lipinski definition) is 2. The van der Waals surface area contributed by atoms with Gasteiger partial charge in [-0.3, -0.25) is 4.72 Å². The number of rotatable bonds is 7. The Bertz CT molecular complexity index is 1090. The Balaban J connectivity index is 1.86. The second kappa shape index (κ2) is 10.9. The van der Waals surface area contributed by atoms with Crippen LogP contribution in [0.5, 0.6) is 0 Å². The fraction of sp³-hybridized carbons (Fsp3) is 0.333. The average molecular weight is 515 g/mol. The van der Waals surface area contributed by atoms with Crippen molar-refractivity contribution in [2.24, 2.45) is 27.1 Å². The topological polar surface area (TPSA) is 100 Å². The molecule has 0 spiro atoms. The normalized spacial score (nSPS) is 17.1. The maximum absolute atomic E-state index is 11.4. The molecular weight excluding hydrogens is 489 g/mol. The van der Waals surface area contributed by atoms with E-state index in [1.165, 1.54) is 11.9 Å². The summed E-state index contributed by atoms with van der Waals surface area (Å²) in [6.45, 7) is 4.93. The first-order valence-electron chi connectivity index (χ1n) is 9.97. The van der Waals surface area contributed by atoms with Gasteiger partial charge in [0.1, 0.15) is 0 Å². The lowest BCUT2D eigenvalue weighted by Crippen LogP contribution is -2.36. The number of nitrogens with two attached hydrogens (primary N) is 1. The molecule has 1 aliphatic rings. The van der Waals surface area contributed by atoms with Gasteiger partial charge in [-0.05, 0) is 59.8 Å². The zero-order valence-corrected chi connectivity index (χ0v) is 20.8. The van der Waals surface area contributed by atoms with Gasteiger partial charge in [0, 0.05) is 20.9 Å². The number of hydrazone groups is 1. The molecule has 0 saturated heterocycles. The smallest absolute Gasteiger partial charge is 0.225 e. The first-order valence-corrected chi connectivity index (χ1v) is 13.3. The highest BCUT2D eigenvalue weighted by Gasteiger charge is 2.32. The first kappa shape index (κ1) is 24.9. The lowest BCUT2D eigenvalue weighted by Gasteiger charge is -2.20. The van der Waals surface area contributed by atoms with E-state index in [0.29, 0.717) is 28.5 Å². The Morgan fingerprint density at radius 3 is 2.34 bits per heavy atom. The molecule has 1 aliphatic heterocycles. The third kappa shape index (κ3) is 7.11. The molecule has 0 radical (unpaired) electrons. The maximum atomic E-state index is 11.4. The van der Waals surface area contributed by atoms with E-state index < -0.39 is 10.0 Å². The Labute approximate surface area is 203 Å². The number of benzene rings is 2. The van der Waals surface area contributed by atoms with Crippen molar-refractivity contribution in [3.05, 3.63) is 64.1 Å². The Kier molecular flexibility index (Phi) is 8.46. The average Bonchev–Trinajstić information content (AvgIpc) is 3.17. The zero-order chi connectivity index (χ0) is 23.3. The molecule has 2 aromatic carbocycles. The van der Waals surface area contributed by atoms with Crippen LogP contribution in [0.25, 0.3) is 0 Å². The summed E-state index contributed by atoms with van der Waals surface area (Å²) < 4.78 is 25.9. The lowest BCUT2D eigenvalue weighted by atomic mass is 9.88. The first-order chi connectivity index (χ1) is 15.1. The minimum absolute atomic E-state index is 0.0248. The number of hydrogen-bond acceptors (Lipinski definition) is 5. The summed E-state index contributed by atoms with van der Waals surface area (Å²) in [5, 5.41) is 13.1. The van der Waals surface area contributed by atoms with E-state index >= 15 is 0 Å². The van der Waals surface area contributed by atoms with Crippen molar-refractivity contribution in [1.82, 2.24) is 9.73 Å². The minimum Gasteiger partial charge on any atom is -0.295 e. The number of nitrogens with zero attached hydrogens (tertiary/aromatic N) is 3. The van der Waals surface area contributed by atoms with Gasteiger partial charge in [0.25, 0.3) is 0 Å². The zero-order valence-electron chi connectivity index (χ0n) is 17.7. The molecule has 0 saturated carbocycles. The molecule has 3 rings (SSSR count). The van der Waals surface area contributed by atoms with Gasteiger partial charge in [0.05, 0.1) is 24.6 Å². The quantitative estimate of drug-likeness (QED) is 0.327. The van der Waals surface area contributed by atoms with Crippen molar-refractivity contribution in [3.63, 3.8) is 0 Å². The van der Waals surface area contributed by atoms with Crippen molar-refractivity contribution in [3.8, 4) is 0 Å². The van der Waals surface area contributed by atoms with E-state index in [4.69, 9.17) is 33.4 Å². The summed E-state index contributed by atoms with van der Waals surface area (Å²) in [6, 6.07) is 14.9. The van der Waals surface area contributed by atoms with E-state index in [0.717, 1.165) is 16.2 Å². The highest BCUT2D eigenvalue weighted by Crippen LogP contribution is 2.27. The second-order valence-electron chi connectivity index (χ2n) is 7.66. The molecule has 32 heavy (non-hydrogen) atoms. The van der Waals surface area contributed by atoms with Gasteiger partial charge < -0.3 is 0 Å². The van der Waals surface area contributed by atoms with E-state index in [1.54, 1.807) is 17.1 Å². The number of sulfonamides is 1. The van der Waals surface area contributed by atoms with Crippen LogP contribution in [-0.4, -0.2) is 43.9 Å². The van der Waals surface area contributed by atoms with Gasteiger partial charge in [0.2, 0.25) is 16.0 Å². The van der Waals surface area contributed by atoms with Gasteiger partial charge >= 0.3 is 0 Å². The van der Waals surface area contributed by atoms with Gasteiger partial charge in [-0.2, -0.15) is 5.10 Å². The van der Waals surface area contributed by atoms with E-state index in [9.17, 15) is 8.42 Å². The van der Waals surface area contributed by atoms with Crippen LogP contribution in [0.2, 0.25) is 10.0 Å². The molecule has 0 aromatic heterocycles. The fourth-order valence-corrected chi connectivity index (χ4v) is 4.37. The summed E-state index contributed by atoms with van der Waals surface area (Å²) in [6.07, 6.45) is 0. The highest BCUT2D eigenvalue weighted by molar-refractivity contribution is 7.98. The number of guanidine groups is 1. The fourth-order valence-electron chi connectivity index (χ4n) is 3.12. The van der Waals surface area contributed by atoms with Gasteiger partial charge in [-0.25, -0.2) is 23.6 Å². The molecule has 1 heterocycles. The molecule has 7 nitrogen and oxygen atoms in total. The minimum atomic E-state index is -3.62. The number of nitrogens with one attached hydrogen (secondary N) is 1. The number of primary sulfonamides is 1. The molecule has 0 bridgehead atoms. The third-order valence-corrected chi connectivity index (χ3v) is 6.90. The monoisotopic (exact) mass is 513 g/mol. The van der Waals surface area contributed by atoms with Crippen LogP contribution in [0.4, 0.5) is 0 Å². The summed E-state index contributed by atoms with van der Waals surface area (Å²) in [7, 11) is -3.62. The van der Waals surface area contributed by atoms with Gasteiger partial charge in [0.15, 0.2) is 0 Å². The Hall–Kier alpha value is -1.78. The molecule has 172 valence electrons. The molecule has 2 aromatic rings. The number of aliphatic imine (C=N–C) groups is 1. The van der Waals surface area contributed by atoms with Gasteiger partial charge in [-0.15, -0.1) is 0 Å². The van der Waals surface area contributed by atoms with E-state index in [-0.39, 0.29) is 18.2 Å². The standard InChI is InChI=1S/C21H25Cl2N5O2S2/c1-14(2)19-13-28(26-20(19)15-3-5-16(22)6-4-15)21(25-11-12-32(24,29)30)27-31-18-9-7-17(23)8-10-18/h3-10,14,19H,11-13H2,1-2H3,(H,25,27)(H2,24,29,30). The lowest BCUT2D eigenvalue weighted by molar-refractivity contribution is 0.386. The maximum Gasteiger partial charge on any atom is 0.225 e. The van der Waals surface area contributed by atoms with Crippen LogP contribution in [0.1, 0.15) is 19.4 Å². The molecule has 0 amide bonds. The van der Waals surface area contributed by atoms with Crippen molar-refractivity contribution < 1.29 is 8.42 Å². The van der Waals surface area contributed by atoms with Crippen LogP contribution >= 0.6 is 35.1 Å². The van der Waals surface area contributed by atoms with Crippen LogP contribution in [0, 0.1) is 11.8 Å². The number of halogens is 2. The van der Waals surface area contributed by atoms with Crippen molar-refractivity contribution in [2.75, 3.05) is 18.8 Å². The van der Waals surface area contributed by atoms with Crippen molar-refractivity contribution >= 4 is 56.8 Å². The largest absolute Gasteiger partial charge is 0.295 e. The van der Waals surface area contributed by atoms with E-state index in [2.05, 4.69) is 23.6 Å². The predicted molar refractivity (Wildman–Crippen MR) is 134 cm³/mol. The highest BCUT2D eigenvalue weighted by atomic mass is 35.5. The van der Waals surface area contributed by atoms with Crippen LogP contribution in [-0.2, 0) is 10.0 Å². The van der Waals surface area contributed by atoms with Crippen LogP contribution < -0.4 is 9.86 Å². The molecule has 11 heteroatoms. The Morgan fingerprint density at radius 1 is 1.19 bits per heavy atom. The summed E-state index contributed by atoms with van der Waals surface area (Å²) >= 11 is 13.4. The molecule has 3 N–H and O–H groups in total. The predicted octanol–water partition coefficient (Wildman–Crippen LogP) is 4.23. The molecular formula is C21H25Cl2N5O2S2. The van der Waals surface area contributed by atoms with E-state index in [1.807, 2.05) is 36.4 Å². The summed E-state index contributed by atoms with van der Waals surface area (Å²) in [5.74, 6) is 0.716. The molecule has 1 unspecified atom stereocenters. The Morgan fingerprint density at radius 2 is 1.78 bits per heavy atom. The van der Waals surface area contributed by atoms with Crippen LogP contribution in [0.15, 0.2) is 63.5 Å². The van der Waals surface area contributed by atoms with Crippen molar-refractivity contribution in [1.29, 1.82) is 0 Å². The van der Waals surface area contributed by atoms with Crippen molar-refractivity contribution in [2.45, 2.75) is 18.7 Å². The molecule has 0 aliphatic carbocycles. The second-order valence-corrected chi connectivity index (χ2v) is 11.1. The third-order valence-electron chi connectivity index (χ3n) is 4.85. The molecule has 0 fully saturated rings. The van der Waals surface area contributed by atoms with Crippen LogP contribution in [0.3, 0.4) is 0 Å². The van der Waals surface area contributed by atoms with Gasteiger partial charge in [-0.1, -0.05) is 49.2 Å².